The number of carbonyl (C=O) groups excluding carboxylic acids is 1. The Morgan fingerprint density at radius 2 is 1.96 bits per heavy atom. The van der Waals surface area contributed by atoms with E-state index in [1.165, 1.54) is 5.56 Å². The third kappa shape index (κ3) is 4.93. The second-order valence-electron chi connectivity index (χ2n) is 6.56. The van der Waals surface area contributed by atoms with Gasteiger partial charge in [-0.25, -0.2) is 4.98 Å². The minimum Gasteiger partial charge on any atom is -0.352 e. The maximum Gasteiger partial charge on any atom is 0.242 e. The molecule has 0 radical (unpaired) electrons. The van der Waals surface area contributed by atoms with Crippen LogP contribution in [0.25, 0.3) is 0 Å². The van der Waals surface area contributed by atoms with Crippen molar-refractivity contribution in [1.82, 2.24) is 20.2 Å². The molecule has 0 saturated carbocycles. The zero-order valence-electron chi connectivity index (χ0n) is 14.3. The number of aromatic nitrogens is 2. The first kappa shape index (κ1) is 17.2. The summed E-state index contributed by atoms with van der Waals surface area (Å²) in [6.45, 7) is 8.74. The first-order chi connectivity index (χ1) is 10.9. The zero-order chi connectivity index (χ0) is 16.9. The fourth-order valence-corrected chi connectivity index (χ4v) is 2.55. The topological polar surface area (TPSA) is 58.9 Å². The van der Waals surface area contributed by atoms with Gasteiger partial charge in [0.25, 0.3) is 0 Å². The second kappa shape index (κ2) is 7.42. The molecule has 0 bridgehead atoms. The molecule has 2 atom stereocenters. The summed E-state index contributed by atoms with van der Waals surface area (Å²) >= 11 is 0. The van der Waals surface area contributed by atoms with Crippen LogP contribution in [0, 0.1) is 0 Å². The summed E-state index contributed by atoms with van der Waals surface area (Å²) in [5, 5.41) is 6.59. The van der Waals surface area contributed by atoms with Crippen molar-refractivity contribution in [3.63, 3.8) is 0 Å². The van der Waals surface area contributed by atoms with Gasteiger partial charge in [-0.3, -0.25) is 4.79 Å². The van der Waals surface area contributed by atoms with Crippen LogP contribution in [-0.2, 0) is 4.79 Å². The summed E-state index contributed by atoms with van der Waals surface area (Å²) in [7, 11) is 0. The molecule has 1 amide bonds. The van der Waals surface area contributed by atoms with Gasteiger partial charge in [0.1, 0.15) is 6.04 Å². The number of imidazole rings is 1. The Morgan fingerprint density at radius 3 is 2.57 bits per heavy atom. The molecule has 0 aliphatic heterocycles. The van der Waals surface area contributed by atoms with Crippen molar-refractivity contribution in [2.45, 2.75) is 45.3 Å². The van der Waals surface area contributed by atoms with E-state index in [-0.39, 0.29) is 23.5 Å². The fraction of sp³-hybridized carbons (Fsp3) is 0.444. The minimum absolute atomic E-state index is 0.00904. The molecule has 0 spiro atoms. The highest BCUT2D eigenvalue weighted by Gasteiger charge is 2.23. The van der Waals surface area contributed by atoms with Crippen LogP contribution in [-0.4, -0.2) is 27.5 Å². The normalized spacial score (nSPS) is 14.3. The van der Waals surface area contributed by atoms with Crippen molar-refractivity contribution >= 4 is 5.91 Å². The molecule has 1 aromatic heterocycles. The molecule has 1 aromatic carbocycles. The smallest absolute Gasteiger partial charge is 0.242 e. The van der Waals surface area contributed by atoms with E-state index >= 15 is 0 Å². The largest absolute Gasteiger partial charge is 0.352 e. The van der Waals surface area contributed by atoms with E-state index in [2.05, 4.69) is 48.5 Å². The van der Waals surface area contributed by atoms with Crippen LogP contribution >= 0.6 is 0 Å². The average Bonchev–Trinajstić information content (AvgIpc) is 3.07. The van der Waals surface area contributed by atoms with Gasteiger partial charge in [0.2, 0.25) is 5.91 Å². The highest BCUT2D eigenvalue weighted by Crippen LogP contribution is 2.16. The summed E-state index contributed by atoms with van der Waals surface area (Å²) < 4.78 is 1.79. The molecule has 2 N–H and O–H groups in total. The van der Waals surface area contributed by atoms with E-state index in [0.717, 1.165) is 0 Å². The highest BCUT2D eigenvalue weighted by atomic mass is 16.2. The van der Waals surface area contributed by atoms with Crippen LogP contribution in [0.15, 0.2) is 49.1 Å². The Hall–Kier alpha value is -2.14. The number of carbonyl (C=O) groups is 1. The van der Waals surface area contributed by atoms with Crippen molar-refractivity contribution in [2.75, 3.05) is 6.54 Å². The van der Waals surface area contributed by atoms with Crippen molar-refractivity contribution in [2.24, 2.45) is 0 Å². The first-order valence-corrected chi connectivity index (χ1v) is 7.97. The number of nitrogens with zero attached hydrogens (tertiary/aromatic N) is 2. The molecule has 1 heterocycles. The fourth-order valence-electron chi connectivity index (χ4n) is 2.55. The van der Waals surface area contributed by atoms with E-state index in [9.17, 15) is 4.79 Å². The molecule has 0 saturated heterocycles. The quantitative estimate of drug-likeness (QED) is 0.826. The molecule has 5 nitrogen and oxygen atoms in total. The second-order valence-corrected chi connectivity index (χ2v) is 6.56. The molecule has 23 heavy (non-hydrogen) atoms. The molecular formula is C18H26N4O. The molecule has 2 aromatic rings. The van der Waals surface area contributed by atoms with Gasteiger partial charge >= 0.3 is 0 Å². The average molecular weight is 314 g/mol. The lowest BCUT2D eigenvalue weighted by Gasteiger charge is -2.31. The summed E-state index contributed by atoms with van der Waals surface area (Å²) in [5.41, 5.74) is 1.03. The summed E-state index contributed by atoms with van der Waals surface area (Å²) in [4.78, 5) is 16.2. The predicted octanol–water partition coefficient (Wildman–Crippen LogP) is 2.69. The summed E-state index contributed by atoms with van der Waals surface area (Å²) in [6.07, 6.45) is 5.13. The molecule has 124 valence electrons. The van der Waals surface area contributed by atoms with E-state index in [1.807, 2.05) is 25.1 Å². The van der Waals surface area contributed by atoms with Crippen LogP contribution in [0.3, 0.4) is 0 Å². The third-order valence-corrected chi connectivity index (χ3v) is 3.96. The number of rotatable bonds is 7. The summed E-state index contributed by atoms with van der Waals surface area (Å²) in [6, 6.07) is 10.2. The van der Waals surface area contributed by atoms with Gasteiger partial charge in [-0.1, -0.05) is 30.3 Å². The van der Waals surface area contributed by atoms with Crippen LogP contribution < -0.4 is 10.6 Å². The van der Waals surface area contributed by atoms with Gasteiger partial charge < -0.3 is 15.2 Å². The van der Waals surface area contributed by atoms with Gasteiger partial charge in [0.05, 0.1) is 6.33 Å². The van der Waals surface area contributed by atoms with E-state index in [1.54, 1.807) is 23.3 Å². The number of nitrogens with one attached hydrogen (secondary N) is 2. The Balaban J connectivity index is 1.87. The zero-order valence-corrected chi connectivity index (χ0v) is 14.3. The lowest BCUT2D eigenvalue weighted by atomic mass is 10.0. The maximum atomic E-state index is 12.3. The SMILES string of the molecule is CC(NC(C)(C)CNC(=O)C(C)n1ccnc1)c1ccccc1. The van der Waals surface area contributed by atoms with E-state index in [4.69, 9.17) is 0 Å². The Bertz CT molecular complexity index is 607. The minimum atomic E-state index is -0.264. The monoisotopic (exact) mass is 314 g/mol. The molecule has 2 unspecified atom stereocenters. The maximum absolute atomic E-state index is 12.3. The molecule has 0 fully saturated rings. The third-order valence-electron chi connectivity index (χ3n) is 3.96. The van der Waals surface area contributed by atoms with Gasteiger partial charge in [-0.05, 0) is 33.3 Å². The highest BCUT2D eigenvalue weighted by molar-refractivity contribution is 5.79. The van der Waals surface area contributed by atoms with Gasteiger partial charge in [0.15, 0.2) is 0 Å². The molecule has 2 rings (SSSR count). The predicted molar refractivity (Wildman–Crippen MR) is 92.0 cm³/mol. The number of benzene rings is 1. The Labute approximate surface area is 138 Å². The number of hydrogen-bond donors (Lipinski definition) is 2. The van der Waals surface area contributed by atoms with Crippen molar-refractivity contribution in [3.8, 4) is 0 Å². The van der Waals surface area contributed by atoms with Gasteiger partial charge in [0, 0.05) is 30.5 Å². The van der Waals surface area contributed by atoms with Crippen molar-refractivity contribution in [3.05, 3.63) is 54.6 Å². The lowest BCUT2D eigenvalue weighted by Crippen LogP contribution is -2.50. The molecule has 0 aliphatic rings. The Kier molecular flexibility index (Phi) is 5.55. The number of amides is 1. The standard InChI is InChI=1S/C18H26N4O/c1-14(16-8-6-5-7-9-16)21-18(3,4)12-20-17(23)15(2)22-11-10-19-13-22/h5-11,13-15,21H,12H2,1-4H3,(H,20,23). The van der Waals surface area contributed by atoms with Crippen LogP contribution in [0.5, 0.6) is 0 Å². The Morgan fingerprint density at radius 1 is 1.26 bits per heavy atom. The van der Waals surface area contributed by atoms with Crippen LogP contribution in [0.4, 0.5) is 0 Å². The number of hydrogen-bond acceptors (Lipinski definition) is 3. The van der Waals surface area contributed by atoms with Gasteiger partial charge in [-0.15, -0.1) is 0 Å². The van der Waals surface area contributed by atoms with Crippen molar-refractivity contribution < 1.29 is 4.79 Å². The molecule has 0 aliphatic carbocycles. The van der Waals surface area contributed by atoms with Gasteiger partial charge in [-0.2, -0.15) is 0 Å². The van der Waals surface area contributed by atoms with Crippen LogP contribution in [0.2, 0.25) is 0 Å². The molecular weight excluding hydrogens is 288 g/mol. The van der Waals surface area contributed by atoms with E-state index in [0.29, 0.717) is 6.54 Å². The first-order valence-electron chi connectivity index (χ1n) is 7.97. The summed E-state index contributed by atoms with van der Waals surface area (Å²) in [5.74, 6) is -0.00904. The van der Waals surface area contributed by atoms with E-state index < -0.39 is 0 Å². The van der Waals surface area contributed by atoms with Crippen LogP contribution in [0.1, 0.15) is 45.3 Å². The molecule has 5 heteroatoms. The van der Waals surface area contributed by atoms with Crippen molar-refractivity contribution in [1.29, 1.82) is 0 Å². The lowest BCUT2D eigenvalue weighted by molar-refractivity contribution is -0.124.